The summed E-state index contributed by atoms with van der Waals surface area (Å²) in [7, 11) is 0. The summed E-state index contributed by atoms with van der Waals surface area (Å²) in [4.78, 5) is 0. The maximum absolute atomic E-state index is 2.49. The minimum absolute atomic E-state index is 1.02. The first-order valence-electron chi connectivity index (χ1n) is 9.85. The van der Waals surface area contributed by atoms with Gasteiger partial charge in [0.15, 0.2) is 0 Å². The quantitative estimate of drug-likeness (QED) is 0.259. The molecule has 0 spiro atoms. The van der Waals surface area contributed by atoms with Crippen LogP contribution in [0.2, 0.25) is 0 Å². The van der Waals surface area contributed by atoms with Crippen molar-refractivity contribution in [3.8, 4) is 11.1 Å². The average Bonchev–Trinajstić information content (AvgIpc) is 3.32. The number of para-hydroxylation sites is 1. The molecule has 1 aliphatic carbocycles. The van der Waals surface area contributed by atoms with Crippen molar-refractivity contribution in [2.45, 2.75) is 6.42 Å². The standard InChI is InChI=1S/C27H17N/c1-3-9-20-17(7-1)15-19-13-14-23-21-10-4-5-11-22(21)25-16-18-8-2-6-12-24(18)28(25)27(23)26(19)20/h1-14,16H,15H2. The zero-order valence-corrected chi connectivity index (χ0v) is 15.3. The summed E-state index contributed by atoms with van der Waals surface area (Å²) in [5.74, 6) is 0. The van der Waals surface area contributed by atoms with Gasteiger partial charge in [0.1, 0.15) is 0 Å². The van der Waals surface area contributed by atoms with Gasteiger partial charge in [0.05, 0.1) is 16.6 Å². The van der Waals surface area contributed by atoms with Gasteiger partial charge >= 0.3 is 0 Å². The van der Waals surface area contributed by atoms with Crippen LogP contribution in [0.1, 0.15) is 11.1 Å². The Balaban J connectivity index is 1.86. The Morgan fingerprint density at radius 1 is 0.571 bits per heavy atom. The van der Waals surface area contributed by atoms with Crippen molar-refractivity contribution in [1.82, 2.24) is 4.40 Å². The number of nitrogens with zero attached hydrogens (tertiary/aromatic N) is 1. The molecule has 7 rings (SSSR count). The number of benzene rings is 4. The third-order valence-electron chi connectivity index (χ3n) is 6.36. The number of pyridine rings is 1. The predicted molar refractivity (Wildman–Crippen MR) is 118 cm³/mol. The molecule has 0 unspecified atom stereocenters. The second-order valence-corrected chi connectivity index (χ2v) is 7.80. The van der Waals surface area contributed by atoms with Gasteiger partial charge in [-0.15, -0.1) is 0 Å². The van der Waals surface area contributed by atoms with Gasteiger partial charge in [0.25, 0.3) is 0 Å². The number of aromatic nitrogens is 1. The molecule has 0 aliphatic heterocycles. The molecule has 0 radical (unpaired) electrons. The highest BCUT2D eigenvalue weighted by Crippen LogP contribution is 2.44. The zero-order valence-electron chi connectivity index (χ0n) is 15.3. The molecule has 0 bridgehead atoms. The number of fused-ring (bicyclic) bond motifs is 12. The topological polar surface area (TPSA) is 4.41 Å². The van der Waals surface area contributed by atoms with Gasteiger partial charge in [-0.1, -0.05) is 78.9 Å². The van der Waals surface area contributed by atoms with E-state index in [9.17, 15) is 0 Å². The molecule has 0 saturated heterocycles. The van der Waals surface area contributed by atoms with Crippen LogP contribution in [0.25, 0.3) is 49.2 Å². The number of hydrogen-bond acceptors (Lipinski definition) is 0. The van der Waals surface area contributed by atoms with Crippen LogP contribution < -0.4 is 0 Å². The molecule has 0 saturated carbocycles. The summed E-state index contributed by atoms with van der Waals surface area (Å²) < 4.78 is 2.49. The van der Waals surface area contributed by atoms with Gasteiger partial charge in [0, 0.05) is 21.7 Å². The lowest BCUT2D eigenvalue weighted by atomic mass is 9.97. The van der Waals surface area contributed by atoms with Crippen LogP contribution in [0.4, 0.5) is 0 Å². The number of hydrogen-bond donors (Lipinski definition) is 0. The first-order valence-corrected chi connectivity index (χ1v) is 9.85. The summed E-state index contributed by atoms with van der Waals surface area (Å²) in [6.45, 7) is 0. The molecule has 1 heteroatoms. The van der Waals surface area contributed by atoms with E-state index in [4.69, 9.17) is 0 Å². The Hall–Kier alpha value is -3.58. The second kappa shape index (κ2) is 5.02. The molecule has 4 aromatic carbocycles. The van der Waals surface area contributed by atoms with Crippen LogP contribution >= 0.6 is 0 Å². The van der Waals surface area contributed by atoms with E-state index in [0.717, 1.165) is 6.42 Å². The fourth-order valence-electron chi connectivity index (χ4n) is 5.19. The monoisotopic (exact) mass is 355 g/mol. The van der Waals surface area contributed by atoms with E-state index >= 15 is 0 Å². The molecule has 2 heterocycles. The normalized spacial score (nSPS) is 12.9. The lowest BCUT2D eigenvalue weighted by Gasteiger charge is -2.14. The van der Waals surface area contributed by atoms with Crippen molar-refractivity contribution in [2.75, 3.05) is 0 Å². The van der Waals surface area contributed by atoms with Crippen molar-refractivity contribution in [2.24, 2.45) is 0 Å². The molecule has 6 aromatic rings. The minimum atomic E-state index is 1.02. The molecule has 0 fully saturated rings. The largest absolute Gasteiger partial charge is 0.308 e. The summed E-state index contributed by atoms with van der Waals surface area (Å²) in [5.41, 5.74) is 9.58. The van der Waals surface area contributed by atoms with Crippen molar-refractivity contribution in [3.05, 3.63) is 102 Å². The number of rotatable bonds is 0. The molecule has 2 aromatic heterocycles. The molecular weight excluding hydrogens is 338 g/mol. The Morgan fingerprint density at radius 3 is 2.32 bits per heavy atom. The maximum atomic E-state index is 2.49. The van der Waals surface area contributed by atoms with Crippen LogP contribution in [-0.2, 0) is 6.42 Å². The van der Waals surface area contributed by atoms with Gasteiger partial charge in [-0.3, -0.25) is 0 Å². The summed E-state index contributed by atoms with van der Waals surface area (Å²) in [6.07, 6.45) is 1.02. The van der Waals surface area contributed by atoms with E-state index in [1.807, 2.05) is 0 Å². The van der Waals surface area contributed by atoms with E-state index in [2.05, 4.69) is 95.4 Å². The maximum Gasteiger partial charge on any atom is 0.0622 e. The van der Waals surface area contributed by atoms with Crippen LogP contribution in [0, 0.1) is 0 Å². The van der Waals surface area contributed by atoms with Crippen molar-refractivity contribution in [3.63, 3.8) is 0 Å². The fourth-order valence-corrected chi connectivity index (χ4v) is 5.19. The smallest absolute Gasteiger partial charge is 0.0622 e. The molecule has 1 aliphatic rings. The lowest BCUT2D eigenvalue weighted by molar-refractivity contribution is 1.26. The highest BCUT2D eigenvalue weighted by Gasteiger charge is 2.23. The van der Waals surface area contributed by atoms with E-state index in [0.29, 0.717) is 0 Å². The highest BCUT2D eigenvalue weighted by molar-refractivity contribution is 6.19. The molecule has 0 N–H and O–H groups in total. The van der Waals surface area contributed by atoms with E-state index in [1.54, 1.807) is 0 Å². The van der Waals surface area contributed by atoms with E-state index in [-0.39, 0.29) is 0 Å². The van der Waals surface area contributed by atoms with Crippen molar-refractivity contribution >= 4 is 38.1 Å². The molecule has 0 amide bonds. The summed E-state index contributed by atoms with van der Waals surface area (Å²) >= 11 is 0. The molecular formula is C27H17N. The SMILES string of the molecule is c1ccc2c(c1)Cc1ccc3c4ccccc4c4cc5ccccc5n4c3c1-2. The van der Waals surface area contributed by atoms with Gasteiger partial charge < -0.3 is 4.40 Å². The van der Waals surface area contributed by atoms with Gasteiger partial charge in [-0.2, -0.15) is 0 Å². The van der Waals surface area contributed by atoms with Gasteiger partial charge in [-0.25, -0.2) is 0 Å². The lowest BCUT2D eigenvalue weighted by Crippen LogP contribution is -1.94. The van der Waals surface area contributed by atoms with Crippen LogP contribution in [-0.4, -0.2) is 4.40 Å². The fraction of sp³-hybridized carbons (Fsp3) is 0.0370. The van der Waals surface area contributed by atoms with Crippen LogP contribution in [0.3, 0.4) is 0 Å². The zero-order chi connectivity index (χ0) is 18.2. The molecule has 0 atom stereocenters. The Bertz CT molecular complexity index is 1580. The molecule has 28 heavy (non-hydrogen) atoms. The Morgan fingerprint density at radius 2 is 1.36 bits per heavy atom. The van der Waals surface area contributed by atoms with Gasteiger partial charge in [-0.05, 0) is 40.6 Å². The van der Waals surface area contributed by atoms with E-state index < -0.39 is 0 Å². The molecule has 1 nitrogen and oxygen atoms in total. The summed E-state index contributed by atoms with van der Waals surface area (Å²) in [6, 6.07) is 33.5. The second-order valence-electron chi connectivity index (χ2n) is 7.80. The van der Waals surface area contributed by atoms with Crippen molar-refractivity contribution in [1.29, 1.82) is 0 Å². The summed E-state index contributed by atoms with van der Waals surface area (Å²) in [5, 5.41) is 5.28. The van der Waals surface area contributed by atoms with Gasteiger partial charge in [0.2, 0.25) is 0 Å². The van der Waals surface area contributed by atoms with E-state index in [1.165, 1.54) is 60.3 Å². The first kappa shape index (κ1) is 14.5. The average molecular weight is 355 g/mol. The van der Waals surface area contributed by atoms with Crippen molar-refractivity contribution < 1.29 is 0 Å². The third kappa shape index (κ3) is 1.67. The third-order valence-corrected chi connectivity index (χ3v) is 6.36. The predicted octanol–water partition coefficient (Wildman–Crippen LogP) is 6.97. The first-order chi connectivity index (χ1) is 13.9. The van der Waals surface area contributed by atoms with Crippen LogP contribution in [0.15, 0.2) is 91.0 Å². The Labute approximate surface area is 162 Å². The molecule has 130 valence electrons. The Kier molecular flexibility index (Phi) is 2.60. The highest BCUT2D eigenvalue weighted by atomic mass is 14.9. The van der Waals surface area contributed by atoms with Crippen LogP contribution in [0.5, 0.6) is 0 Å². The minimum Gasteiger partial charge on any atom is -0.308 e.